The fraction of sp³-hybridized carbons (Fsp3) is 0.263. The van der Waals surface area contributed by atoms with Crippen molar-refractivity contribution < 1.29 is 4.79 Å². The van der Waals surface area contributed by atoms with Crippen LogP contribution < -0.4 is 5.32 Å². The van der Waals surface area contributed by atoms with E-state index in [2.05, 4.69) is 12.2 Å². The van der Waals surface area contributed by atoms with Crippen molar-refractivity contribution in [2.45, 2.75) is 33.2 Å². The van der Waals surface area contributed by atoms with Crippen LogP contribution in [0.2, 0.25) is 0 Å². The van der Waals surface area contributed by atoms with E-state index in [4.69, 9.17) is 4.98 Å². The van der Waals surface area contributed by atoms with Crippen molar-refractivity contribution in [3.8, 4) is 11.3 Å². The normalized spacial score (nSPS) is 12.3. The number of carbonyl (C=O) groups is 1. The first kappa shape index (κ1) is 15.3. The summed E-state index contributed by atoms with van der Waals surface area (Å²) in [5.41, 5.74) is 4.17. The SMILES string of the molecule is CCC(C)NC(=O)c1c(-c2ccccc2)nc2cc(C)ccn12. The number of nitrogens with one attached hydrogen (secondary N) is 1. The molecule has 4 nitrogen and oxygen atoms in total. The van der Waals surface area contributed by atoms with Crippen molar-refractivity contribution in [3.63, 3.8) is 0 Å². The average Bonchev–Trinajstić information content (AvgIpc) is 2.94. The lowest BCUT2D eigenvalue weighted by Crippen LogP contribution is -2.33. The molecule has 118 valence electrons. The molecule has 0 aliphatic carbocycles. The molecule has 1 unspecified atom stereocenters. The van der Waals surface area contributed by atoms with Crippen molar-refractivity contribution in [2.24, 2.45) is 0 Å². The van der Waals surface area contributed by atoms with E-state index in [-0.39, 0.29) is 11.9 Å². The quantitative estimate of drug-likeness (QED) is 0.796. The number of pyridine rings is 1. The highest BCUT2D eigenvalue weighted by molar-refractivity contribution is 5.99. The van der Waals surface area contributed by atoms with E-state index in [1.54, 1.807) is 0 Å². The number of hydrogen-bond donors (Lipinski definition) is 1. The molecule has 1 atom stereocenters. The number of nitrogens with zero attached hydrogens (tertiary/aromatic N) is 2. The molecule has 1 N–H and O–H groups in total. The van der Waals surface area contributed by atoms with Gasteiger partial charge in [0.05, 0.1) is 0 Å². The topological polar surface area (TPSA) is 46.4 Å². The van der Waals surface area contributed by atoms with Crippen LogP contribution in [0, 0.1) is 6.92 Å². The first-order valence-electron chi connectivity index (χ1n) is 7.95. The van der Waals surface area contributed by atoms with Crippen molar-refractivity contribution in [1.82, 2.24) is 14.7 Å². The van der Waals surface area contributed by atoms with Crippen LogP contribution in [-0.2, 0) is 0 Å². The van der Waals surface area contributed by atoms with Gasteiger partial charge in [0.2, 0.25) is 0 Å². The fourth-order valence-electron chi connectivity index (χ4n) is 2.56. The predicted octanol–water partition coefficient (Wildman–Crippen LogP) is 3.84. The second-order valence-corrected chi connectivity index (χ2v) is 5.89. The van der Waals surface area contributed by atoms with Gasteiger partial charge in [-0.1, -0.05) is 37.3 Å². The third-order valence-corrected chi connectivity index (χ3v) is 4.03. The van der Waals surface area contributed by atoms with Crippen LogP contribution in [0.3, 0.4) is 0 Å². The molecule has 1 aromatic carbocycles. The number of carbonyl (C=O) groups excluding carboxylic acids is 1. The number of rotatable bonds is 4. The minimum Gasteiger partial charge on any atom is -0.348 e. The van der Waals surface area contributed by atoms with Crippen LogP contribution in [0.5, 0.6) is 0 Å². The first-order chi connectivity index (χ1) is 11.1. The standard InChI is InChI=1S/C19H21N3O/c1-4-14(3)20-19(23)18-17(15-8-6-5-7-9-15)21-16-12-13(2)10-11-22(16)18/h5-12,14H,4H2,1-3H3,(H,20,23). The third-order valence-electron chi connectivity index (χ3n) is 4.03. The van der Waals surface area contributed by atoms with E-state index >= 15 is 0 Å². The summed E-state index contributed by atoms with van der Waals surface area (Å²) in [6, 6.07) is 13.9. The first-order valence-corrected chi connectivity index (χ1v) is 7.95. The molecule has 0 aliphatic rings. The van der Waals surface area contributed by atoms with E-state index < -0.39 is 0 Å². The summed E-state index contributed by atoms with van der Waals surface area (Å²) in [7, 11) is 0. The Bertz CT molecular complexity index is 836. The number of imidazole rings is 1. The molecule has 0 saturated carbocycles. The Kier molecular flexibility index (Phi) is 4.15. The van der Waals surface area contributed by atoms with Crippen molar-refractivity contribution >= 4 is 11.6 Å². The van der Waals surface area contributed by atoms with Gasteiger partial charge in [0.15, 0.2) is 0 Å². The zero-order valence-corrected chi connectivity index (χ0v) is 13.7. The Balaban J connectivity index is 2.18. The number of hydrogen-bond acceptors (Lipinski definition) is 2. The van der Waals surface area contributed by atoms with Crippen LogP contribution in [-0.4, -0.2) is 21.3 Å². The zero-order chi connectivity index (χ0) is 16.4. The molecule has 23 heavy (non-hydrogen) atoms. The highest BCUT2D eigenvalue weighted by Crippen LogP contribution is 2.25. The zero-order valence-electron chi connectivity index (χ0n) is 13.7. The number of benzene rings is 1. The lowest BCUT2D eigenvalue weighted by Gasteiger charge is -2.12. The molecule has 3 aromatic rings. The van der Waals surface area contributed by atoms with Crippen molar-refractivity contribution in [3.05, 3.63) is 59.9 Å². The number of aromatic nitrogens is 2. The molecule has 4 heteroatoms. The van der Waals surface area contributed by atoms with E-state index in [9.17, 15) is 4.79 Å². The molecular formula is C19H21N3O. The molecule has 0 fully saturated rings. The lowest BCUT2D eigenvalue weighted by atomic mass is 10.1. The summed E-state index contributed by atoms with van der Waals surface area (Å²) in [6.45, 7) is 6.09. The molecule has 2 aromatic heterocycles. The van der Waals surface area contributed by atoms with E-state index in [1.165, 1.54) is 0 Å². The Morgan fingerprint density at radius 3 is 2.70 bits per heavy atom. The van der Waals surface area contributed by atoms with Crippen LogP contribution >= 0.6 is 0 Å². The summed E-state index contributed by atoms with van der Waals surface area (Å²) < 4.78 is 1.87. The molecule has 0 bridgehead atoms. The molecule has 0 saturated heterocycles. The van der Waals surface area contributed by atoms with Crippen LogP contribution in [0.4, 0.5) is 0 Å². The maximum Gasteiger partial charge on any atom is 0.270 e. The Morgan fingerprint density at radius 1 is 1.26 bits per heavy atom. The second-order valence-electron chi connectivity index (χ2n) is 5.89. The largest absolute Gasteiger partial charge is 0.348 e. The van der Waals surface area contributed by atoms with Gasteiger partial charge in [-0.05, 0) is 38.0 Å². The van der Waals surface area contributed by atoms with Gasteiger partial charge >= 0.3 is 0 Å². The molecule has 0 spiro atoms. The van der Waals surface area contributed by atoms with Gasteiger partial charge in [-0.25, -0.2) is 4.98 Å². The minimum absolute atomic E-state index is 0.0884. The minimum atomic E-state index is -0.0884. The number of aryl methyl sites for hydroxylation is 1. The summed E-state index contributed by atoms with van der Waals surface area (Å²) in [5.74, 6) is -0.0884. The second kappa shape index (κ2) is 6.24. The van der Waals surface area contributed by atoms with Gasteiger partial charge in [-0.2, -0.15) is 0 Å². The van der Waals surface area contributed by atoms with Gasteiger partial charge in [-0.15, -0.1) is 0 Å². The van der Waals surface area contributed by atoms with E-state index in [0.29, 0.717) is 5.69 Å². The smallest absolute Gasteiger partial charge is 0.270 e. The lowest BCUT2D eigenvalue weighted by molar-refractivity contribution is 0.0934. The molecule has 2 heterocycles. The summed E-state index contributed by atoms with van der Waals surface area (Å²) in [5, 5.41) is 3.05. The third kappa shape index (κ3) is 2.97. The molecule has 0 aliphatic heterocycles. The monoisotopic (exact) mass is 307 g/mol. The Morgan fingerprint density at radius 2 is 2.00 bits per heavy atom. The van der Waals surface area contributed by atoms with E-state index in [1.807, 2.05) is 66.9 Å². The highest BCUT2D eigenvalue weighted by atomic mass is 16.2. The Hall–Kier alpha value is -2.62. The number of fused-ring (bicyclic) bond motifs is 1. The van der Waals surface area contributed by atoms with Gasteiger partial charge in [0.25, 0.3) is 5.91 Å². The molecule has 1 amide bonds. The maximum atomic E-state index is 12.8. The molecular weight excluding hydrogens is 286 g/mol. The summed E-state index contributed by atoms with van der Waals surface area (Å²) >= 11 is 0. The van der Waals surface area contributed by atoms with Crippen molar-refractivity contribution in [2.75, 3.05) is 0 Å². The predicted molar refractivity (Wildman–Crippen MR) is 92.6 cm³/mol. The maximum absolute atomic E-state index is 12.8. The van der Waals surface area contributed by atoms with Crippen molar-refractivity contribution in [1.29, 1.82) is 0 Å². The van der Waals surface area contributed by atoms with Gasteiger partial charge in [0.1, 0.15) is 17.0 Å². The molecule has 0 radical (unpaired) electrons. The average molecular weight is 307 g/mol. The highest BCUT2D eigenvalue weighted by Gasteiger charge is 2.21. The van der Waals surface area contributed by atoms with Gasteiger partial charge in [0, 0.05) is 17.8 Å². The van der Waals surface area contributed by atoms with Crippen LogP contribution in [0.25, 0.3) is 16.9 Å². The van der Waals surface area contributed by atoms with Gasteiger partial charge in [-0.3, -0.25) is 9.20 Å². The fourth-order valence-corrected chi connectivity index (χ4v) is 2.56. The summed E-state index contributed by atoms with van der Waals surface area (Å²) in [4.78, 5) is 17.5. The van der Waals surface area contributed by atoms with Gasteiger partial charge < -0.3 is 5.32 Å². The Labute approximate surface area is 136 Å². The van der Waals surface area contributed by atoms with E-state index in [0.717, 1.165) is 28.9 Å². The van der Waals surface area contributed by atoms with Crippen LogP contribution in [0.1, 0.15) is 36.3 Å². The summed E-state index contributed by atoms with van der Waals surface area (Å²) in [6.07, 6.45) is 2.80. The molecule has 3 rings (SSSR count). The number of amides is 1. The van der Waals surface area contributed by atoms with Crippen LogP contribution in [0.15, 0.2) is 48.7 Å².